The Morgan fingerprint density at radius 2 is 2.10 bits per heavy atom. The van der Waals surface area contributed by atoms with Crippen LogP contribution in [-0.2, 0) is 12.8 Å². The molecule has 0 spiro atoms. The fourth-order valence-corrected chi connectivity index (χ4v) is 3.48. The molecule has 1 N–H and O–H groups in total. The third-order valence-electron chi connectivity index (χ3n) is 4.24. The molecule has 0 heterocycles. The predicted octanol–water partition coefficient (Wildman–Crippen LogP) is 3.63. The van der Waals surface area contributed by atoms with Gasteiger partial charge in [-0.05, 0) is 62.0 Å². The smallest absolute Gasteiger partial charge is 0.0178 e. The van der Waals surface area contributed by atoms with E-state index in [-0.39, 0.29) is 0 Å². The second-order valence-corrected chi connectivity index (χ2v) is 6.66. The van der Waals surface area contributed by atoms with E-state index in [1.807, 2.05) is 0 Å². The topological polar surface area (TPSA) is 15.3 Å². The average molecular weight is 339 g/mol. The number of hydrogen-bond donors (Lipinski definition) is 1. The normalized spacial score (nSPS) is 18.3. The molecule has 1 aromatic rings. The van der Waals surface area contributed by atoms with Crippen LogP contribution in [0.5, 0.6) is 0 Å². The largest absolute Gasteiger partial charge is 0.312 e. The van der Waals surface area contributed by atoms with E-state index in [9.17, 15) is 0 Å². The number of likely N-dealkylation sites (N-methyl/N-ethyl adjacent to an activating group) is 1. The van der Waals surface area contributed by atoms with Crippen LogP contribution in [0.3, 0.4) is 0 Å². The Bertz CT molecular complexity index is 419. The molecule has 0 fully saturated rings. The van der Waals surface area contributed by atoms with Gasteiger partial charge in [-0.3, -0.25) is 0 Å². The van der Waals surface area contributed by atoms with Gasteiger partial charge in [0.2, 0.25) is 0 Å². The maximum atomic E-state index is 3.75. The summed E-state index contributed by atoms with van der Waals surface area (Å²) >= 11 is 3.56. The monoisotopic (exact) mass is 338 g/mol. The molecule has 0 aliphatic heterocycles. The molecule has 1 aliphatic carbocycles. The molecule has 0 saturated heterocycles. The highest BCUT2D eigenvalue weighted by Crippen LogP contribution is 2.24. The zero-order valence-electron chi connectivity index (χ0n) is 12.8. The van der Waals surface area contributed by atoms with Crippen LogP contribution in [0.1, 0.15) is 37.8 Å². The lowest BCUT2D eigenvalue weighted by atomic mass is 9.88. The summed E-state index contributed by atoms with van der Waals surface area (Å²) in [6.45, 7) is 9.19. The number of rotatable bonds is 7. The average Bonchev–Trinajstić information content (AvgIpc) is 2.46. The minimum atomic E-state index is 0.656. The summed E-state index contributed by atoms with van der Waals surface area (Å²) in [5.41, 5.74) is 3.05. The first-order chi connectivity index (χ1) is 9.72. The summed E-state index contributed by atoms with van der Waals surface area (Å²) in [4.78, 5) is 2.53. The molecule has 0 saturated carbocycles. The minimum Gasteiger partial charge on any atom is -0.312 e. The van der Waals surface area contributed by atoms with Crippen molar-refractivity contribution in [1.82, 2.24) is 10.2 Å². The van der Waals surface area contributed by atoms with Crippen molar-refractivity contribution >= 4 is 15.9 Å². The summed E-state index contributed by atoms with van der Waals surface area (Å²) in [6.07, 6.45) is 4.91. The number of benzene rings is 1. The second kappa shape index (κ2) is 8.16. The first-order valence-electron chi connectivity index (χ1n) is 7.96. The number of hydrogen-bond acceptors (Lipinski definition) is 2. The Kier molecular flexibility index (Phi) is 6.53. The van der Waals surface area contributed by atoms with E-state index in [4.69, 9.17) is 0 Å². The Balaban J connectivity index is 1.77. The Morgan fingerprint density at radius 3 is 2.85 bits per heavy atom. The second-order valence-electron chi connectivity index (χ2n) is 5.74. The number of aryl methyl sites for hydroxylation is 1. The van der Waals surface area contributed by atoms with Gasteiger partial charge in [0.15, 0.2) is 0 Å². The molecule has 0 aromatic heterocycles. The highest BCUT2D eigenvalue weighted by molar-refractivity contribution is 9.10. The molecular weight excluding hydrogens is 312 g/mol. The summed E-state index contributed by atoms with van der Waals surface area (Å²) < 4.78 is 1.21. The maximum absolute atomic E-state index is 3.75. The molecule has 0 amide bonds. The van der Waals surface area contributed by atoms with Gasteiger partial charge in [-0.25, -0.2) is 0 Å². The highest BCUT2D eigenvalue weighted by Gasteiger charge is 2.18. The van der Waals surface area contributed by atoms with E-state index in [0.29, 0.717) is 6.04 Å². The Morgan fingerprint density at radius 1 is 1.25 bits per heavy atom. The fraction of sp³-hybridized carbons (Fsp3) is 0.647. The van der Waals surface area contributed by atoms with Crippen molar-refractivity contribution in [2.24, 2.45) is 0 Å². The Hall–Kier alpha value is -0.380. The molecule has 1 atom stereocenters. The third kappa shape index (κ3) is 4.57. The van der Waals surface area contributed by atoms with Crippen LogP contribution in [-0.4, -0.2) is 37.1 Å². The molecule has 3 heteroatoms. The van der Waals surface area contributed by atoms with Gasteiger partial charge in [-0.2, -0.15) is 0 Å². The molecule has 0 radical (unpaired) electrons. The van der Waals surface area contributed by atoms with Crippen molar-refractivity contribution < 1.29 is 0 Å². The Labute approximate surface area is 132 Å². The van der Waals surface area contributed by atoms with Crippen molar-refractivity contribution in [1.29, 1.82) is 0 Å². The molecular formula is C17H27BrN2. The lowest BCUT2D eigenvalue weighted by molar-refractivity contribution is 0.280. The molecule has 0 bridgehead atoms. The number of nitrogens with one attached hydrogen (secondary N) is 1. The molecule has 112 valence electrons. The fourth-order valence-electron chi connectivity index (χ4n) is 3.07. The third-order valence-corrected chi connectivity index (χ3v) is 4.74. The van der Waals surface area contributed by atoms with E-state index in [0.717, 1.165) is 13.1 Å². The van der Waals surface area contributed by atoms with Crippen LogP contribution in [0.15, 0.2) is 22.7 Å². The summed E-state index contributed by atoms with van der Waals surface area (Å²) in [5, 5.41) is 3.75. The van der Waals surface area contributed by atoms with Gasteiger partial charge >= 0.3 is 0 Å². The van der Waals surface area contributed by atoms with E-state index in [1.54, 1.807) is 0 Å². The SMILES string of the molecule is CCCN(CC)CCNC1CCc2cc(Br)ccc2C1. The van der Waals surface area contributed by atoms with Crippen LogP contribution in [0.2, 0.25) is 0 Å². The van der Waals surface area contributed by atoms with Gasteiger partial charge in [0.25, 0.3) is 0 Å². The minimum absolute atomic E-state index is 0.656. The van der Waals surface area contributed by atoms with Crippen molar-refractivity contribution in [3.8, 4) is 0 Å². The molecule has 1 unspecified atom stereocenters. The number of halogens is 1. The molecule has 2 nitrogen and oxygen atoms in total. The van der Waals surface area contributed by atoms with Crippen molar-refractivity contribution in [2.45, 2.75) is 45.6 Å². The van der Waals surface area contributed by atoms with Crippen LogP contribution < -0.4 is 5.32 Å². The molecule has 20 heavy (non-hydrogen) atoms. The van der Waals surface area contributed by atoms with E-state index in [2.05, 4.69) is 58.2 Å². The van der Waals surface area contributed by atoms with Gasteiger partial charge < -0.3 is 10.2 Å². The van der Waals surface area contributed by atoms with E-state index in [1.165, 1.54) is 54.4 Å². The summed E-state index contributed by atoms with van der Waals surface area (Å²) in [5.74, 6) is 0. The lowest BCUT2D eigenvalue weighted by Crippen LogP contribution is -2.40. The number of fused-ring (bicyclic) bond motifs is 1. The first-order valence-corrected chi connectivity index (χ1v) is 8.75. The van der Waals surface area contributed by atoms with Gasteiger partial charge in [0.05, 0.1) is 0 Å². The van der Waals surface area contributed by atoms with Gasteiger partial charge in [-0.15, -0.1) is 0 Å². The van der Waals surface area contributed by atoms with Crippen LogP contribution >= 0.6 is 15.9 Å². The van der Waals surface area contributed by atoms with Crippen molar-refractivity contribution in [3.63, 3.8) is 0 Å². The van der Waals surface area contributed by atoms with Crippen LogP contribution in [0.4, 0.5) is 0 Å². The number of nitrogens with zero attached hydrogens (tertiary/aromatic N) is 1. The van der Waals surface area contributed by atoms with E-state index < -0.39 is 0 Å². The summed E-state index contributed by atoms with van der Waals surface area (Å²) in [7, 11) is 0. The lowest BCUT2D eigenvalue weighted by Gasteiger charge is -2.27. The van der Waals surface area contributed by atoms with Crippen molar-refractivity contribution in [2.75, 3.05) is 26.2 Å². The zero-order valence-corrected chi connectivity index (χ0v) is 14.4. The first kappa shape index (κ1) is 16.0. The molecule has 2 rings (SSSR count). The van der Waals surface area contributed by atoms with Crippen LogP contribution in [0, 0.1) is 0 Å². The van der Waals surface area contributed by atoms with Crippen LogP contribution in [0.25, 0.3) is 0 Å². The molecule has 1 aromatic carbocycles. The zero-order chi connectivity index (χ0) is 14.4. The molecule has 1 aliphatic rings. The predicted molar refractivity (Wildman–Crippen MR) is 90.4 cm³/mol. The van der Waals surface area contributed by atoms with Gasteiger partial charge in [0, 0.05) is 23.6 Å². The standard InChI is InChI=1S/C17H27BrN2/c1-3-10-20(4-2)11-9-19-17-8-6-14-12-16(18)7-5-15(14)13-17/h5,7,12,17,19H,3-4,6,8-11,13H2,1-2H3. The van der Waals surface area contributed by atoms with Crippen molar-refractivity contribution in [3.05, 3.63) is 33.8 Å². The highest BCUT2D eigenvalue weighted by atomic mass is 79.9. The van der Waals surface area contributed by atoms with E-state index >= 15 is 0 Å². The maximum Gasteiger partial charge on any atom is 0.0178 e. The van der Waals surface area contributed by atoms with Gasteiger partial charge in [-0.1, -0.05) is 35.8 Å². The summed E-state index contributed by atoms with van der Waals surface area (Å²) in [6, 6.07) is 7.39. The quantitative estimate of drug-likeness (QED) is 0.816. The van der Waals surface area contributed by atoms with Gasteiger partial charge in [0.1, 0.15) is 0 Å².